The number of rotatable bonds is 3. The van der Waals surface area contributed by atoms with Gasteiger partial charge in [0.15, 0.2) is 0 Å². The topological polar surface area (TPSA) is 58.2 Å². The van der Waals surface area contributed by atoms with E-state index in [1.165, 1.54) is 11.1 Å². The maximum Gasteiger partial charge on any atom is 0.410 e. The minimum atomic E-state index is -0.478. The third-order valence-corrected chi connectivity index (χ3v) is 5.86. The van der Waals surface area contributed by atoms with Crippen molar-refractivity contribution >= 4 is 6.09 Å². The summed E-state index contributed by atoms with van der Waals surface area (Å²) in [6, 6.07) is 19.4. The Morgan fingerprint density at radius 1 is 0.967 bits per heavy atom. The number of nitrogens with one attached hydrogen (secondary N) is 1. The van der Waals surface area contributed by atoms with Gasteiger partial charge in [0, 0.05) is 30.3 Å². The minimum absolute atomic E-state index is 0.116. The molecule has 0 radical (unpaired) electrons. The zero-order valence-corrected chi connectivity index (χ0v) is 17.9. The normalized spacial score (nSPS) is 16.3. The SMILES string of the molecule is CC(C)(C)OC(=O)N1CCC(c2ccccc2)(c2ccc(-c3cn[nH]c3)cc2)CC1. The average Bonchev–Trinajstić information content (AvgIpc) is 3.28. The van der Waals surface area contributed by atoms with Crippen molar-refractivity contribution in [3.63, 3.8) is 0 Å². The van der Waals surface area contributed by atoms with E-state index in [1.807, 2.05) is 38.1 Å². The van der Waals surface area contributed by atoms with Gasteiger partial charge in [0.2, 0.25) is 0 Å². The zero-order chi connectivity index (χ0) is 21.2. The number of piperidine rings is 1. The molecule has 1 aliphatic rings. The van der Waals surface area contributed by atoms with Crippen LogP contribution in [0.25, 0.3) is 11.1 Å². The molecule has 0 bridgehead atoms. The van der Waals surface area contributed by atoms with E-state index in [0.29, 0.717) is 13.1 Å². The lowest BCUT2D eigenvalue weighted by atomic mass is 9.68. The number of ether oxygens (including phenoxy) is 1. The van der Waals surface area contributed by atoms with E-state index in [0.717, 1.165) is 24.0 Å². The number of aromatic amines is 1. The van der Waals surface area contributed by atoms with Crippen LogP contribution in [0.2, 0.25) is 0 Å². The Kier molecular flexibility index (Phi) is 5.37. The smallest absolute Gasteiger partial charge is 0.410 e. The molecule has 0 spiro atoms. The maximum atomic E-state index is 12.6. The van der Waals surface area contributed by atoms with Crippen LogP contribution in [0.1, 0.15) is 44.7 Å². The van der Waals surface area contributed by atoms with Crippen LogP contribution in [0, 0.1) is 0 Å². The van der Waals surface area contributed by atoms with Crippen LogP contribution in [0.15, 0.2) is 67.0 Å². The van der Waals surface area contributed by atoms with E-state index in [2.05, 4.69) is 64.8 Å². The van der Waals surface area contributed by atoms with Gasteiger partial charge in [-0.25, -0.2) is 4.79 Å². The Morgan fingerprint density at radius 3 is 2.17 bits per heavy atom. The predicted molar refractivity (Wildman–Crippen MR) is 118 cm³/mol. The number of hydrogen-bond donors (Lipinski definition) is 1. The highest BCUT2D eigenvalue weighted by Crippen LogP contribution is 2.42. The van der Waals surface area contributed by atoms with E-state index in [-0.39, 0.29) is 11.5 Å². The number of carbonyl (C=O) groups excluding carboxylic acids is 1. The van der Waals surface area contributed by atoms with Crippen molar-refractivity contribution in [2.75, 3.05) is 13.1 Å². The molecule has 4 rings (SSSR count). The summed E-state index contributed by atoms with van der Waals surface area (Å²) < 4.78 is 5.59. The van der Waals surface area contributed by atoms with Crippen molar-refractivity contribution in [2.45, 2.75) is 44.6 Å². The molecule has 2 aromatic carbocycles. The third-order valence-electron chi connectivity index (χ3n) is 5.86. The fraction of sp³-hybridized carbons (Fsp3) is 0.360. The number of nitrogens with zero attached hydrogens (tertiary/aromatic N) is 2. The van der Waals surface area contributed by atoms with Gasteiger partial charge >= 0.3 is 6.09 Å². The quantitative estimate of drug-likeness (QED) is 0.637. The second kappa shape index (κ2) is 7.98. The molecule has 1 amide bonds. The Labute approximate surface area is 178 Å². The Morgan fingerprint density at radius 2 is 1.60 bits per heavy atom. The summed E-state index contributed by atoms with van der Waals surface area (Å²) in [5, 5.41) is 6.92. The molecule has 1 N–H and O–H groups in total. The molecule has 0 unspecified atom stereocenters. The molecule has 1 saturated heterocycles. The van der Waals surface area contributed by atoms with Gasteiger partial charge in [-0.05, 0) is 50.3 Å². The summed E-state index contributed by atoms with van der Waals surface area (Å²) >= 11 is 0. The largest absolute Gasteiger partial charge is 0.444 e. The first kappa shape index (κ1) is 20.2. The van der Waals surface area contributed by atoms with Crippen LogP contribution in [0.5, 0.6) is 0 Å². The van der Waals surface area contributed by atoms with Gasteiger partial charge in [0.1, 0.15) is 5.60 Å². The van der Waals surface area contributed by atoms with E-state index in [1.54, 1.807) is 0 Å². The first-order chi connectivity index (χ1) is 14.4. The monoisotopic (exact) mass is 403 g/mol. The van der Waals surface area contributed by atoms with Crippen LogP contribution in [-0.4, -0.2) is 39.9 Å². The highest BCUT2D eigenvalue weighted by molar-refractivity contribution is 5.68. The molecule has 30 heavy (non-hydrogen) atoms. The van der Waals surface area contributed by atoms with Crippen molar-refractivity contribution in [1.82, 2.24) is 15.1 Å². The highest BCUT2D eigenvalue weighted by Gasteiger charge is 2.39. The van der Waals surface area contributed by atoms with Crippen molar-refractivity contribution < 1.29 is 9.53 Å². The van der Waals surface area contributed by atoms with Crippen molar-refractivity contribution in [1.29, 1.82) is 0 Å². The fourth-order valence-electron chi connectivity index (χ4n) is 4.29. The second-order valence-corrected chi connectivity index (χ2v) is 8.98. The van der Waals surface area contributed by atoms with Crippen molar-refractivity contribution in [3.8, 4) is 11.1 Å². The summed E-state index contributed by atoms with van der Waals surface area (Å²) in [4.78, 5) is 14.4. The number of likely N-dealkylation sites (tertiary alicyclic amines) is 1. The molecule has 1 aliphatic heterocycles. The fourth-order valence-corrected chi connectivity index (χ4v) is 4.29. The van der Waals surface area contributed by atoms with Crippen LogP contribution >= 0.6 is 0 Å². The minimum Gasteiger partial charge on any atom is -0.444 e. The third kappa shape index (κ3) is 4.11. The molecule has 3 aromatic rings. The van der Waals surface area contributed by atoms with E-state index in [9.17, 15) is 4.79 Å². The number of carbonyl (C=O) groups is 1. The van der Waals surface area contributed by atoms with Gasteiger partial charge in [0.25, 0.3) is 0 Å². The number of hydrogen-bond acceptors (Lipinski definition) is 3. The Hall–Kier alpha value is -3.08. The number of H-pyrrole nitrogens is 1. The number of benzene rings is 2. The summed E-state index contributed by atoms with van der Waals surface area (Å²) in [5.74, 6) is 0. The molecule has 1 aromatic heterocycles. The lowest BCUT2D eigenvalue weighted by molar-refractivity contribution is 0.0180. The van der Waals surface area contributed by atoms with Crippen LogP contribution in [-0.2, 0) is 10.2 Å². The maximum absolute atomic E-state index is 12.6. The van der Waals surface area contributed by atoms with Crippen LogP contribution < -0.4 is 0 Å². The Balaban J connectivity index is 1.61. The first-order valence-electron chi connectivity index (χ1n) is 10.5. The van der Waals surface area contributed by atoms with Gasteiger partial charge in [-0.2, -0.15) is 5.10 Å². The molecule has 156 valence electrons. The highest BCUT2D eigenvalue weighted by atomic mass is 16.6. The van der Waals surface area contributed by atoms with Crippen molar-refractivity contribution in [2.24, 2.45) is 0 Å². The molecule has 2 heterocycles. The lowest BCUT2D eigenvalue weighted by Gasteiger charge is -2.43. The van der Waals surface area contributed by atoms with Crippen LogP contribution in [0.4, 0.5) is 4.79 Å². The molecule has 5 nitrogen and oxygen atoms in total. The number of aromatic nitrogens is 2. The molecule has 0 saturated carbocycles. The summed E-state index contributed by atoms with van der Waals surface area (Å²) in [7, 11) is 0. The first-order valence-corrected chi connectivity index (χ1v) is 10.5. The van der Waals surface area contributed by atoms with Gasteiger partial charge in [-0.1, -0.05) is 54.6 Å². The molecule has 0 aliphatic carbocycles. The predicted octanol–water partition coefficient (Wildman–Crippen LogP) is 5.39. The summed E-state index contributed by atoms with van der Waals surface area (Å²) in [6.45, 7) is 7.07. The number of amides is 1. The van der Waals surface area contributed by atoms with Gasteiger partial charge in [0.05, 0.1) is 6.20 Å². The lowest BCUT2D eigenvalue weighted by Crippen LogP contribution is -2.47. The summed E-state index contributed by atoms with van der Waals surface area (Å²) in [5.41, 5.74) is 4.20. The molecule has 0 atom stereocenters. The van der Waals surface area contributed by atoms with Crippen LogP contribution in [0.3, 0.4) is 0 Å². The van der Waals surface area contributed by atoms with E-state index in [4.69, 9.17) is 4.74 Å². The molecular formula is C25H29N3O2. The van der Waals surface area contributed by atoms with E-state index >= 15 is 0 Å². The molecular weight excluding hydrogens is 374 g/mol. The zero-order valence-electron chi connectivity index (χ0n) is 17.9. The van der Waals surface area contributed by atoms with Gasteiger partial charge < -0.3 is 9.64 Å². The van der Waals surface area contributed by atoms with Crippen molar-refractivity contribution in [3.05, 3.63) is 78.1 Å². The second-order valence-electron chi connectivity index (χ2n) is 8.98. The summed E-state index contributed by atoms with van der Waals surface area (Å²) in [6.07, 6.45) is 5.24. The Bertz CT molecular complexity index is 965. The van der Waals surface area contributed by atoms with E-state index < -0.39 is 5.60 Å². The van der Waals surface area contributed by atoms with Gasteiger partial charge in [-0.3, -0.25) is 5.10 Å². The average molecular weight is 404 g/mol. The molecule has 1 fully saturated rings. The molecule has 5 heteroatoms. The standard InChI is InChI=1S/C25H29N3O2/c1-24(2,3)30-23(29)28-15-13-25(14-16-28,21-7-5-4-6-8-21)22-11-9-19(10-12-22)20-17-26-27-18-20/h4-12,17-18H,13-16H2,1-3H3,(H,26,27). The van der Waals surface area contributed by atoms with Gasteiger partial charge in [-0.15, -0.1) is 0 Å².